The Balaban J connectivity index is 1.64. The maximum Gasteiger partial charge on any atom is 0.284 e. The van der Waals surface area contributed by atoms with Gasteiger partial charge in [0.1, 0.15) is 5.82 Å². The standard InChI is InChI=1S/C14H15ClN4OS/c1-10-16-13(21-17-10)14(20)19-7-5-18(6-8-19)12-4-2-3-11(15)9-12/h2-4,9H,5-8H2,1H3. The van der Waals surface area contributed by atoms with E-state index in [0.29, 0.717) is 23.9 Å². The third-order valence-electron chi connectivity index (χ3n) is 3.45. The molecular weight excluding hydrogens is 308 g/mol. The van der Waals surface area contributed by atoms with Crippen molar-refractivity contribution < 1.29 is 4.79 Å². The van der Waals surface area contributed by atoms with Gasteiger partial charge in [0, 0.05) is 36.9 Å². The molecule has 2 aromatic rings. The average molecular weight is 323 g/mol. The van der Waals surface area contributed by atoms with Crippen molar-refractivity contribution in [1.82, 2.24) is 14.3 Å². The SMILES string of the molecule is Cc1nsc(C(=O)N2CCN(c3cccc(Cl)c3)CC2)n1. The van der Waals surface area contributed by atoms with Crippen molar-refractivity contribution in [2.24, 2.45) is 0 Å². The van der Waals surface area contributed by atoms with Crippen LogP contribution >= 0.6 is 23.1 Å². The van der Waals surface area contributed by atoms with Gasteiger partial charge in [-0.2, -0.15) is 4.37 Å². The lowest BCUT2D eigenvalue weighted by molar-refractivity contribution is 0.0746. The third-order valence-corrected chi connectivity index (χ3v) is 4.48. The van der Waals surface area contributed by atoms with Crippen molar-refractivity contribution >= 4 is 34.7 Å². The zero-order chi connectivity index (χ0) is 14.8. The molecule has 0 unspecified atom stereocenters. The van der Waals surface area contributed by atoms with E-state index in [9.17, 15) is 4.79 Å². The highest BCUT2D eigenvalue weighted by Gasteiger charge is 2.24. The smallest absolute Gasteiger partial charge is 0.284 e. The summed E-state index contributed by atoms with van der Waals surface area (Å²) in [6.45, 7) is 4.76. The van der Waals surface area contributed by atoms with Crippen molar-refractivity contribution in [2.75, 3.05) is 31.1 Å². The van der Waals surface area contributed by atoms with Crippen molar-refractivity contribution in [3.8, 4) is 0 Å². The van der Waals surface area contributed by atoms with Gasteiger partial charge in [0.2, 0.25) is 5.01 Å². The minimum absolute atomic E-state index is 0.0219. The topological polar surface area (TPSA) is 49.3 Å². The van der Waals surface area contributed by atoms with Crippen LogP contribution in [0.5, 0.6) is 0 Å². The van der Waals surface area contributed by atoms with Gasteiger partial charge in [0.15, 0.2) is 0 Å². The van der Waals surface area contributed by atoms with E-state index in [-0.39, 0.29) is 5.91 Å². The quantitative estimate of drug-likeness (QED) is 0.852. The molecule has 110 valence electrons. The number of amides is 1. The number of aromatic nitrogens is 2. The Morgan fingerprint density at radius 2 is 2.05 bits per heavy atom. The molecule has 1 amide bonds. The molecule has 0 radical (unpaired) electrons. The van der Waals surface area contributed by atoms with E-state index in [1.807, 2.05) is 29.2 Å². The van der Waals surface area contributed by atoms with Gasteiger partial charge in [0.25, 0.3) is 5.91 Å². The molecule has 5 nitrogen and oxygen atoms in total. The Hall–Kier alpha value is -1.66. The molecule has 1 aromatic heterocycles. The van der Waals surface area contributed by atoms with Crippen LogP contribution in [0.1, 0.15) is 15.6 Å². The molecule has 2 heterocycles. The monoisotopic (exact) mass is 322 g/mol. The van der Waals surface area contributed by atoms with Crippen LogP contribution in [0, 0.1) is 6.92 Å². The number of piperazine rings is 1. The van der Waals surface area contributed by atoms with Crippen LogP contribution in [-0.4, -0.2) is 46.3 Å². The van der Waals surface area contributed by atoms with Gasteiger partial charge in [0.05, 0.1) is 0 Å². The Kier molecular flexibility index (Phi) is 4.07. The van der Waals surface area contributed by atoms with Crippen LogP contribution in [0.3, 0.4) is 0 Å². The summed E-state index contributed by atoms with van der Waals surface area (Å²) < 4.78 is 4.06. The number of halogens is 1. The lowest BCUT2D eigenvalue weighted by Crippen LogP contribution is -2.48. The Morgan fingerprint density at radius 1 is 1.29 bits per heavy atom. The highest BCUT2D eigenvalue weighted by molar-refractivity contribution is 7.07. The van der Waals surface area contributed by atoms with Crippen LogP contribution in [0.2, 0.25) is 5.02 Å². The zero-order valence-corrected chi connectivity index (χ0v) is 13.2. The number of hydrogen-bond donors (Lipinski definition) is 0. The number of carbonyl (C=O) groups excluding carboxylic acids is 1. The summed E-state index contributed by atoms with van der Waals surface area (Å²) in [4.78, 5) is 20.5. The number of rotatable bonds is 2. The number of hydrogen-bond acceptors (Lipinski definition) is 5. The first-order chi connectivity index (χ1) is 10.1. The predicted molar refractivity (Wildman–Crippen MR) is 84.2 cm³/mol. The van der Waals surface area contributed by atoms with E-state index >= 15 is 0 Å². The van der Waals surface area contributed by atoms with Crippen LogP contribution in [-0.2, 0) is 0 Å². The van der Waals surface area contributed by atoms with Crippen LogP contribution in [0.25, 0.3) is 0 Å². The molecule has 0 N–H and O–H groups in total. The molecular formula is C14H15ClN4OS. The summed E-state index contributed by atoms with van der Waals surface area (Å²) in [6.07, 6.45) is 0. The minimum Gasteiger partial charge on any atom is -0.368 e. The summed E-state index contributed by atoms with van der Waals surface area (Å²) in [5, 5.41) is 1.21. The maximum atomic E-state index is 12.3. The fraction of sp³-hybridized carbons (Fsp3) is 0.357. The molecule has 0 spiro atoms. The second-order valence-corrected chi connectivity index (χ2v) is 6.09. The summed E-state index contributed by atoms with van der Waals surface area (Å²) in [5.41, 5.74) is 1.10. The van der Waals surface area contributed by atoms with E-state index in [0.717, 1.165) is 23.8 Å². The summed E-state index contributed by atoms with van der Waals surface area (Å²) in [7, 11) is 0. The maximum absolute atomic E-state index is 12.3. The molecule has 1 aliphatic rings. The Bertz CT molecular complexity index is 652. The number of carbonyl (C=O) groups is 1. The van der Waals surface area contributed by atoms with Crippen molar-refractivity contribution in [3.63, 3.8) is 0 Å². The van der Waals surface area contributed by atoms with Crippen LogP contribution in [0.4, 0.5) is 5.69 Å². The second kappa shape index (κ2) is 5.99. The first-order valence-corrected chi connectivity index (χ1v) is 7.89. The predicted octanol–water partition coefficient (Wildman–Crippen LogP) is 2.46. The lowest BCUT2D eigenvalue weighted by atomic mass is 10.2. The molecule has 0 aliphatic carbocycles. The van der Waals surface area contributed by atoms with Crippen molar-refractivity contribution in [1.29, 1.82) is 0 Å². The average Bonchev–Trinajstić information content (AvgIpc) is 2.93. The number of nitrogens with zero attached hydrogens (tertiary/aromatic N) is 4. The molecule has 1 aliphatic heterocycles. The van der Waals surface area contributed by atoms with E-state index in [1.54, 1.807) is 6.92 Å². The Labute approximate surface area is 132 Å². The Morgan fingerprint density at radius 3 is 2.67 bits per heavy atom. The van der Waals surface area contributed by atoms with Gasteiger partial charge in [-0.15, -0.1) is 0 Å². The number of anilines is 1. The highest BCUT2D eigenvalue weighted by Crippen LogP contribution is 2.21. The number of aryl methyl sites for hydroxylation is 1. The third kappa shape index (κ3) is 3.16. The molecule has 1 aromatic carbocycles. The van der Waals surface area contributed by atoms with E-state index in [4.69, 9.17) is 11.6 Å². The normalized spacial score (nSPS) is 15.3. The molecule has 7 heteroatoms. The molecule has 0 atom stereocenters. The second-order valence-electron chi connectivity index (χ2n) is 4.91. The van der Waals surface area contributed by atoms with Gasteiger partial charge < -0.3 is 9.80 Å². The van der Waals surface area contributed by atoms with Crippen molar-refractivity contribution in [3.05, 3.63) is 40.1 Å². The fourth-order valence-corrected chi connectivity index (χ4v) is 3.18. The molecule has 1 fully saturated rings. The first kappa shape index (κ1) is 14.3. The van der Waals surface area contributed by atoms with Gasteiger partial charge in [-0.05, 0) is 36.7 Å². The van der Waals surface area contributed by atoms with Gasteiger partial charge in [-0.1, -0.05) is 17.7 Å². The van der Waals surface area contributed by atoms with Crippen LogP contribution < -0.4 is 4.90 Å². The molecule has 21 heavy (non-hydrogen) atoms. The molecule has 0 bridgehead atoms. The molecule has 3 rings (SSSR count). The number of benzene rings is 1. The van der Waals surface area contributed by atoms with Crippen LogP contribution in [0.15, 0.2) is 24.3 Å². The van der Waals surface area contributed by atoms with E-state index in [2.05, 4.69) is 14.3 Å². The molecule has 1 saturated heterocycles. The van der Waals surface area contributed by atoms with E-state index < -0.39 is 0 Å². The van der Waals surface area contributed by atoms with Gasteiger partial charge >= 0.3 is 0 Å². The van der Waals surface area contributed by atoms with Gasteiger partial charge in [-0.25, -0.2) is 4.98 Å². The van der Waals surface area contributed by atoms with Gasteiger partial charge in [-0.3, -0.25) is 4.79 Å². The highest BCUT2D eigenvalue weighted by atomic mass is 35.5. The molecule has 0 saturated carbocycles. The summed E-state index contributed by atoms with van der Waals surface area (Å²) in [5.74, 6) is 0.632. The minimum atomic E-state index is -0.0219. The van der Waals surface area contributed by atoms with Crippen molar-refractivity contribution in [2.45, 2.75) is 6.92 Å². The fourth-order valence-electron chi connectivity index (χ4n) is 2.36. The first-order valence-electron chi connectivity index (χ1n) is 6.73. The zero-order valence-electron chi connectivity index (χ0n) is 11.6. The lowest BCUT2D eigenvalue weighted by Gasteiger charge is -2.35. The summed E-state index contributed by atoms with van der Waals surface area (Å²) >= 11 is 7.19. The largest absolute Gasteiger partial charge is 0.368 e. The summed E-state index contributed by atoms with van der Waals surface area (Å²) in [6, 6.07) is 7.80. The van der Waals surface area contributed by atoms with E-state index in [1.165, 1.54) is 11.5 Å².